The Morgan fingerprint density at radius 2 is 2.00 bits per heavy atom. The molecule has 106 valence electrons. The van der Waals surface area contributed by atoms with Gasteiger partial charge in [0, 0.05) is 11.3 Å². The monoisotopic (exact) mass is 252 g/mol. The third kappa shape index (κ3) is 4.59. The van der Waals surface area contributed by atoms with E-state index in [9.17, 15) is 4.79 Å². The SMILES string of the molecule is C=C(C)CC(C)C1(C)CCCC(C)C1=O.CCC. The lowest BCUT2D eigenvalue weighted by Crippen LogP contribution is -2.41. The first-order valence-corrected chi connectivity index (χ1v) is 7.48. The molecular formula is C17H32O. The summed E-state index contributed by atoms with van der Waals surface area (Å²) in [6.07, 6.45) is 5.57. The van der Waals surface area contributed by atoms with Gasteiger partial charge in [0.05, 0.1) is 0 Å². The molecule has 18 heavy (non-hydrogen) atoms. The largest absolute Gasteiger partial charge is 0.299 e. The fraction of sp³-hybridized carbons (Fsp3) is 0.824. The summed E-state index contributed by atoms with van der Waals surface area (Å²) in [5, 5.41) is 0. The number of Topliss-reactive ketones (excluding diaryl/α,β-unsaturated/α-hetero) is 1. The molecule has 0 bridgehead atoms. The van der Waals surface area contributed by atoms with Crippen LogP contribution in [-0.2, 0) is 4.79 Å². The van der Waals surface area contributed by atoms with E-state index in [1.165, 1.54) is 18.4 Å². The van der Waals surface area contributed by atoms with Gasteiger partial charge in [0.25, 0.3) is 0 Å². The van der Waals surface area contributed by atoms with Crippen molar-refractivity contribution in [3.05, 3.63) is 12.2 Å². The average molecular weight is 252 g/mol. The molecule has 1 heteroatoms. The van der Waals surface area contributed by atoms with Crippen molar-refractivity contribution in [3.8, 4) is 0 Å². The minimum absolute atomic E-state index is 0.101. The second kappa shape index (κ2) is 7.76. The molecular weight excluding hydrogens is 220 g/mol. The van der Waals surface area contributed by atoms with Gasteiger partial charge in [-0.25, -0.2) is 0 Å². The smallest absolute Gasteiger partial charge is 0.141 e. The number of rotatable bonds is 3. The average Bonchev–Trinajstić information content (AvgIpc) is 2.26. The number of carbonyl (C=O) groups is 1. The van der Waals surface area contributed by atoms with E-state index in [-0.39, 0.29) is 11.3 Å². The molecule has 0 heterocycles. The van der Waals surface area contributed by atoms with Crippen molar-refractivity contribution in [2.24, 2.45) is 17.3 Å². The van der Waals surface area contributed by atoms with E-state index in [0.29, 0.717) is 11.7 Å². The summed E-state index contributed by atoms with van der Waals surface area (Å²) in [6, 6.07) is 0. The van der Waals surface area contributed by atoms with Crippen LogP contribution < -0.4 is 0 Å². The molecule has 1 rings (SSSR count). The Kier molecular flexibility index (Phi) is 7.51. The van der Waals surface area contributed by atoms with Crippen LogP contribution in [0.4, 0.5) is 0 Å². The normalized spacial score (nSPS) is 29.2. The van der Waals surface area contributed by atoms with Gasteiger partial charge in [-0.1, -0.05) is 53.0 Å². The molecule has 0 radical (unpaired) electrons. The fourth-order valence-electron chi connectivity index (χ4n) is 2.83. The first-order valence-electron chi connectivity index (χ1n) is 7.48. The molecule has 1 nitrogen and oxygen atoms in total. The van der Waals surface area contributed by atoms with Crippen LogP contribution in [-0.4, -0.2) is 5.78 Å². The second-order valence-corrected chi connectivity index (χ2v) is 6.34. The number of allylic oxidation sites excluding steroid dienone is 1. The summed E-state index contributed by atoms with van der Waals surface area (Å²) in [6.45, 7) is 16.7. The summed E-state index contributed by atoms with van der Waals surface area (Å²) < 4.78 is 0. The highest BCUT2D eigenvalue weighted by molar-refractivity contribution is 5.87. The highest BCUT2D eigenvalue weighted by Gasteiger charge is 2.42. The third-order valence-corrected chi connectivity index (χ3v) is 4.09. The van der Waals surface area contributed by atoms with Crippen LogP contribution in [0.15, 0.2) is 12.2 Å². The Morgan fingerprint density at radius 3 is 2.44 bits per heavy atom. The van der Waals surface area contributed by atoms with Crippen molar-refractivity contribution < 1.29 is 4.79 Å². The van der Waals surface area contributed by atoms with Crippen LogP contribution in [0.1, 0.15) is 73.6 Å². The zero-order valence-electron chi connectivity index (χ0n) is 13.3. The van der Waals surface area contributed by atoms with Crippen LogP contribution in [0.3, 0.4) is 0 Å². The van der Waals surface area contributed by atoms with Crippen LogP contribution in [0.25, 0.3) is 0 Å². The van der Waals surface area contributed by atoms with Gasteiger partial charge in [-0.05, 0) is 32.1 Å². The Morgan fingerprint density at radius 1 is 1.50 bits per heavy atom. The van der Waals surface area contributed by atoms with E-state index in [0.717, 1.165) is 19.3 Å². The lowest BCUT2D eigenvalue weighted by molar-refractivity contribution is -0.137. The van der Waals surface area contributed by atoms with Crippen LogP contribution in [0.2, 0.25) is 0 Å². The maximum Gasteiger partial charge on any atom is 0.141 e. The van der Waals surface area contributed by atoms with Crippen molar-refractivity contribution in [2.75, 3.05) is 0 Å². The van der Waals surface area contributed by atoms with E-state index in [4.69, 9.17) is 0 Å². The predicted molar refractivity (Wildman–Crippen MR) is 80.7 cm³/mol. The fourth-order valence-corrected chi connectivity index (χ4v) is 2.83. The summed E-state index contributed by atoms with van der Waals surface area (Å²) in [5.41, 5.74) is 1.09. The molecule has 1 aliphatic rings. The Balaban J connectivity index is 0.000000873. The summed E-state index contributed by atoms with van der Waals surface area (Å²) >= 11 is 0. The van der Waals surface area contributed by atoms with E-state index >= 15 is 0 Å². The molecule has 1 fully saturated rings. The first kappa shape index (κ1) is 17.4. The third-order valence-electron chi connectivity index (χ3n) is 4.09. The molecule has 3 atom stereocenters. The van der Waals surface area contributed by atoms with Gasteiger partial charge in [0.15, 0.2) is 0 Å². The molecule has 3 unspecified atom stereocenters. The van der Waals surface area contributed by atoms with E-state index in [1.54, 1.807) is 0 Å². The van der Waals surface area contributed by atoms with E-state index in [1.807, 2.05) is 0 Å². The van der Waals surface area contributed by atoms with Gasteiger partial charge in [0.1, 0.15) is 5.78 Å². The molecule has 0 aromatic heterocycles. The van der Waals surface area contributed by atoms with Crippen molar-refractivity contribution in [1.29, 1.82) is 0 Å². The Bertz CT molecular complexity index is 279. The van der Waals surface area contributed by atoms with Gasteiger partial charge in [0.2, 0.25) is 0 Å². The quantitative estimate of drug-likeness (QED) is 0.615. The van der Waals surface area contributed by atoms with Crippen molar-refractivity contribution in [3.63, 3.8) is 0 Å². The van der Waals surface area contributed by atoms with Crippen LogP contribution in [0.5, 0.6) is 0 Å². The molecule has 1 aliphatic carbocycles. The minimum atomic E-state index is -0.101. The topological polar surface area (TPSA) is 17.1 Å². The molecule has 0 aromatic carbocycles. The van der Waals surface area contributed by atoms with Gasteiger partial charge in [-0.3, -0.25) is 4.79 Å². The van der Waals surface area contributed by atoms with Crippen molar-refractivity contribution in [2.45, 2.75) is 73.6 Å². The van der Waals surface area contributed by atoms with Gasteiger partial charge >= 0.3 is 0 Å². The van der Waals surface area contributed by atoms with Crippen LogP contribution in [0, 0.1) is 17.3 Å². The number of hydrogen-bond acceptors (Lipinski definition) is 1. The molecule has 1 saturated carbocycles. The first-order chi connectivity index (χ1) is 8.29. The highest BCUT2D eigenvalue weighted by Crippen LogP contribution is 2.43. The lowest BCUT2D eigenvalue weighted by atomic mass is 9.63. The molecule has 0 amide bonds. The maximum absolute atomic E-state index is 12.2. The number of carbonyl (C=O) groups excluding carboxylic acids is 1. The minimum Gasteiger partial charge on any atom is -0.299 e. The van der Waals surface area contributed by atoms with E-state index in [2.05, 4.69) is 48.1 Å². The molecule has 0 N–H and O–H groups in total. The van der Waals surface area contributed by atoms with Gasteiger partial charge in [-0.2, -0.15) is 0 Å². The van der Waals surface area contributed by atoms with Crippen molar-refractivity contribution in [1.82, 2.24) is 0 Å². The summed E-state index contributed by atoms with van der Waals surface area (Å²) in [7, 11) is 0. The number of hydrogen-bond donors (Lipinski definition) is 0. The molecule has 0 aromatic rings. The Hall–Kier alpha value is -0.590. The predicted octanol–water partition coefficient (Wildman–Crippen LogP) is 5.40. The highest BCUT2D eigenvalue weighted by atomic mass is 16.1. The molecule has 0 aliphatic heterocycles. The number of ketones is 1. The Labute approximate surface area is 114 Å². The molecule has 0 saturated heterocycles. The zero-order chi connectivity index (χ0) is 14.3. The maximum atomic E-state index is 12.2. The standard InChI is InChI=1S/C14H24O.C3H8/c1-10(2)9-12(4)14(5)8-6-7-11(3)13(14)15;1-3-2/h11-12H,1,6-9H2,2-5H3;3H2,1-2H3. The molecule has 0 spiro atoms. The van der Waals surface area contributed by atoms with Crippen molar-refractivity contribution >= 4 is 5.78 Å². The van der Waals surface area contributed by atoms with E-state index < -0.39 is 0 Å². The second-order valence-electron chi connectivity index (χ2n) is 6.34. The van der Waals surface area contributed by atoms with Crippen LogP contribution >= 0.6 is 0 Å². The summed E-state index contributed by atoms with van der Waals surface area (Å²) in [4.78, 5) is 12.2. The lowest BCUT2D eigenvalue weighted by Gasteiger charge is -2.40. The zero-order valence-corrected chi connectivity index (χ0v) is 13.3. The summed E-state index contributed by atoms with van der Waals surface area (Å²) in [5.74, 6) is 1.17. The van der Waals surface area contributed by atoms with Gasteiger partial charge in [-0.15, -0.1) is 6.58 Å². The van der Waals surface area contributed by atoms with Gasteiger partial charge < -0.3 is 0 Å².